The number of likely N-dealkylation sites (tertiary alicyclic amines) is 1. The van der Waals surface area contributed by atoms with Crippen LogP contribution < -0.4 is 10.5 Å². The average molecular weight is 297 g/mol. The predicted molar refractivity (Wildman–Crippen MR) is 79.9 cm³/mol. The Morgan fingerprint density at radius 2 is 2.20 bits per heavy atom. The first kappa shape index (κ1) is 15.1. The van der Waals surface area contributed by atoms with Gasteiger partial charge in [0.1, 0.15) is 5.75 Å². The molecule has 0 radical (unpaired) electrons. The van der Waals surface area contributed by atoms with Gasteiger partial charge in [0.15, 0.2) is 6.61 Å². The van der Waals surface area contributed by atoms with Crippen molar-refractivity contribution in [2.75, 3.05) is 19.7 Å². The highest BCUT2D eigenvalue weighted by atomic mass is 35.5. The van der Waals surface area contributed by atoms with Crippen molar-refractivity contribution in [3.05, 3.63) is 29.3 Å². The minimum atomic E-state index is 0.0188. The molecule has 0 spiro atoms. The lowest BCUT2D eigenvalue weighted by Gasteiger charge is -2.34. The molecule has 110 valence electrons. The summed E-state index contributed by atoms with van der Waals surface area (Å²) in [5, 5.41) is 0.652. The number of halogens is 1. The second-order valence-corrected chi connectivity index (χ2v) is 5.78. The van der Waals surface area contributed by atoms with Gasteiger partial charge >= 0.3 is 0 Å². The van der Waals surface area contributed by atoms with Crippen molar-refractivity contribution in [2.45, 2.75) is 25.8 Å². The van der Waals surface area contributed by atoms with Gasteiger partial charge in [-0.15, -0.1) is 0 Å². The number of nitrogens with zero attached hydrogens (tertiary/aromatic N) is 1. The van der Waals surface area contributed by atoms with Gasteiger partial charge in [0.2, 0.25) is 0 Å². The van der Waals surface area contributed by atoms with E-state index >= 15 is 0 Å². The number of carbonyl (C=O) groups excluding carboxylic acids is 1. The molecule has 1 heterocycles. The average Bonchev–Trinajstić information content (AvgIpc) is 2.46. The Bertz CT molecular complexity index is 448. The lowest BCUT2D eigenvalue weighted by Crippen LogP contribution is -2.46. The van der Waals surface area contributed by atoms with Crippen LogP contribution in [0.15, 0.2) is 24.3 Å². The van der Waals surface area contributed by atoms with Gasteiger partial charge in [0.25, 0.3) is 5.91 Å². The van der Waals surface area contributed by atoms with Crippen LogP contribution in [0.2, 0.25) is 5.02 Å². The summed E-state index contributed by atoms with van der Waals surface area (Å²) < 4.78 is 5.49. The van der Waals surface area contributed by atoms with Crippen molar-refractivity contribution < 1.29 is 9.53 Å². The van der Waals surface area contributed by atoms with Crippen LogP contribution in [0.25, 0.3) is 0 Å². The van der Waals surface area contributed by atoms with Crippen molar-refractivity contribution in [3.63, 3.8) is 0 Å². The Morgan fingerprint density at radius 1 is 1.50 bits per heavy atom. The number of hydrogen-bond acceptors (Lipinski definition) is 3. The first-order valence-electron chi connectivity index (χ1n) is 6.98. The molecule has 1 fully saturated rings. The highest BCUT2D eigenvalue weighted by Gasteiger charge is 2.25. The van der Waals surface area contributed by atoms with Crippen LogP contribution in [-0.2, 0) is 4.79 Å². The number of hydrogen-bond donors (Lipinski definition) is 1. The van der Waals surface area contributed by atoms with Crippen molar-refractivity contribution in [1.82, 2.24) is 4.90 Å². The number of carbonyl (C=O) groups is 1. The van der Waals surface area contributed by atoms with Gasteiger partial charge in [-0.3, -0.25) is 4.79 Å². The first-order valence-corrected chi connectivity index (χ1v) is 7.36. The highest BCUT2D eigenvalue weighted by Crippen LogP contribution is 2.19. The Morgan fingerprint density at radius 3 is 2.85 bits per heavy atom. The third kappa shape index (κ3) is 4.12. The Hall–Kier alpha value is -1.26. The predicted octanol–water partition coefficient (Wildman–Crippen LogP) is 2.30. The second-order valence-electron chi connectivity index (χ2n) is 5.34. The number of nitrogens with two attached hydrogens (primary N) is 1. The van der Waals surface area contributed by atoms with Crippen LogP contribution in [-0.4, -0.2) is 36.5 Å². The molecule has 0 saturated carbocycles. The van der Waals surface area contributed by atoms with Gasteiger partial charge in [-0.25, -0.2) is 0 Å². The van der Waals surface area contributed by atoms with E-state index in [9.17, 15) is 4.79 Å². The molecule has 0 aromatic heterocycles. The van der Waals surface area contributed by atoms with E-state index in [0.29, 0.717) is 16.7 Å². The van der Waals surface area contributed by atoms with Crippen LogP contribution in [0.1, 0.15) is 19.8 Å². The molecule has 20 heavy (non-hydrogen) atoms. The zero-order valence-electron chi connectivity index (χ0n) is 11.7. The molecule has 1 saturated heterocycles. The molecule has 1 amide bonds. The fourth-order valence-electron chi connectivity index (χ4n) is 2.43. The monoisotopic (exact) mass is 296 g/mol. The van der Waals surface area contributed by atoms with Crippen molar-refractivity contribution in [3.8, 4) is 5.75 Å². The zero-order valence-corrected chi connectivity index (χ0v) is 12.5. The SMILES string of the molecule is CC(N)C1CCCN(C(=O)COc2ccc(Cl)cc2)C1. The number of piperidine rings is 1. The summed E-state index contributed by atoms with van der Waals surface area (Å²) in [6, 6.07) is 7.14. The maximum Gasteiger partial charge on any atom is 0.260 e. The summed E-state index contributed by atoms with van der Waals surface area (Å²) in [6.07, 6.45) is 2.11. The normalized spacial score (nSPS) is 20.6. The minimum Gasteiger partial charge on any atom is -0.484 e. The van der Waals surface area contributed by atoms with Gasteiger partial charge < -0.3 is 15.4 Å². The summed E-state index contributed by atoms with van der Waals surface area (Å²) in [4.78, 5) is 14.0. The van der Waals surface area contributed by atoms with Crippen molar-refractivity contribution in [1.29, 1.82) is 0 Å². The standard InChI is InChI=1S/C15H21ClN2O2/c1-11(17)12-3-2-8-18(9-12)15(19)10-20-14-6-4-13(16)5-7-14/h4-7,11-12H,2-3,8-10,17H2,1H3. The van der Waals surface area contributed by atoms with E-state index < -0.39 is 0 Å². The molecule has 4 nitrogen and oxygen atoms in total. The number of benzene rings is 1. The lowest BCUT2D eigenvalue weighted by molar-refractivity contribution is -0.135. The van der Waals surface area contributed by atoms with E-state index in [0.717, 1.165) is 25.9 Å². The maximum absolute atomic E-state index is 12.1. The minimum absolute atomic E-state index is 0.0188. The molecule has 2 atom stereocenters. The van der Waals surface area contributed by atoms with Crippen molar-refractivity contribution >= 4 is 17.5 Å². The summed E-state index contributed by atoms with van der Waals surface area (Å²) >= 11 is 5.80. The van der Waals surface area contributed by atoms with Crippen LogP contribution in [0, 0.1) is 5.92 Å². The zero-order chi connectivity index (χ0) is 14.5. The maximum atomic E-state index is 12.1. The molecule has 2 N–H and O–H groups in total. The molecule has 0 aliphatic carbocycles. The fourth-order valence-corrected chi connectivity index (χ4v) is 2.56. The molecule has 1 aromatic carbocycles. The third-order valence-corrected chi connectivity index (χ3v) is 3.98. The van der Waals surface area contributed by atoms with Crippen LogP contribution in [0.3, 0.4) is 0 Å². The molecular formula is C15H21ClN2O2. The molecule has 0 bridgehead atoms. The first-order chi connectivity index (χ1) is 9.56. The van der Waals surface area contributed by atoms with E-state index in [1.54, 1.807) is 24.3 Å². The number of amides is 1. The largest absolute Gasteiger partial charge is 0.484 e. The number of rotatable bonds is 4. The van der Waals surface area contributed by atoms with Gasteiger partial charge in [0, 0.05) is 24.2 Å². The molecule has 2 unspecified atom stereocenters. The second kappa shape index (κ2) is 6.95. The van der Waals surface area contributed by atoms with E-state index in [2.05, 4.69) is 0 Å². The summed E-state index contributed by atoms with van der Waals surface area (Å²) in [5.74, 6) is 1.07. The molecule has 1 aliphatic rings. The summed E-state index contributed by atoms with van der Waals surface area (Å²) in [7, 11) is 0. The fraction of sp³-hybridized carbons (Fsp3) is 0.533. The molecule has 5 heteroatoms. The Kier molecular flexibility index (Phi) is 5.26. The van der Waals surface area contributed by atoms with E-state index in [1.807, 2.05) is 11.8 Å². The molecular weight excluding hydrogens is 276 g/mol. The quantitative estimate of drug-likeness (QED) is 0.927. The smallest absolute Gasteiger partial charge is 0.260 e. The highest BCUT2D eigenvalue weighted by molar-refractivity contribution is 6.30. The number of ether oxygens (including phenoxy) is 1. The van der Waals surface area contributed by atoms with Crippen LogP contribution >= 0.6 is 11.6 Å². The summed E-state index contributed by atoms with van der Waals surface area (Å²) in [5.41, 5.74) is 5.93. The van der Waals surface area contributed by atoms with Gasteiger partial charge in [-0.1, -0.05) is 11.6 Å². The van der Waals surface area contributed by atoms with E-state index in [1.165, 1.54) is 0 Å². The molecule has 1 aliphatic heterocycles. The van der Waals surface area contributed by atoms with Gasteiger partial charge in [0.05, 0.1) is 0 Å². The summed E-state index contributed by atoms with van der Waals surface area (Å²) in [6.45, 7) is 3.60. The lowest BCUT2D eigenvalue weighted by atomic mass is 9.92. The topological polar surface area (TPSA) is 55.6 Å². The van der Waals surface area contributed by atoms with Gasteiger partial charge in [-0.05, 0) is 49.9 Å². The van der Waals surface area contributed by atoms with E-state index in [-0.39, 0.29) is 18.6 Å². The Balaban J connectivity index is 1.83. The van der Waals surface area contributed by atoms with Crippen LogP contribution in [0.5, 0.6) is 5.75 Å². The van der Waals surface area contributed by atoms with E-state index in [4.69, 9.17) is 22.1 Å². The molecule has 1 aromatic rings. The van der Waals surface area contributed by atoms with Crippen LogP contribution in [0.4, 0.5) is 0 Å². The Labute approximate surface area is 124 Å². The third-order valence-electron chi connectivity index (χ3n) is 3.73. The van der Waals surface area contributed by atoms with Gasteiger partial charge in [-0.2, -0.15) is 0 Å². The molecule has 2 rings (SSSR count). The van der Waals surface area contributed by atoms with Crippen molar-refractivity contribution in [2.24, 2.45) is 11.7 Å².